The van der Waals surface area contributed by atoms with Gasteiger partial charge in [-0.15, -0.1) is 12.4 Å². The Bertz CT molecular complexity index is 901. The second-order valence-electron chi connectivity index (χ2n) is 7.03. The predicted octanol–water partition coefficient (Wildman–Crippen LogP) is 0.589. The monoisotopic (exact) mass is 407 g/mol. The Kier molecular flexibility index (Phi) is 7.53. The zero-order valence-electron chi connectivity index (χ0n) is 15.8. The van der Waals surface area contributed by atoms with Crippen LogP contribution in [0, 0.1) is 5.92 Å². The van der Waals surface area contributed by atoms with E-state index in [1.54, 1.807) is 23.1 Å². The molecule has 0 unspecified atom stereocenters. The molecule has 0 aliphatic carbocycles. The van der Waals surface area contributed by atoms with E-state index in [0.29, 0.717) is 55.6 Å². The van der Waals surface area contributed by atoms with E-state index in [1.807, 2.05) is 6.07 Å². The van der Waals surface area contributed by atoms with Gasteiger partial charge in [0.25, 0.3) is 5.56 Å². The maximum absolute atomic E-state index is 12.5. The van der Waals surface area contributed by atoms with Crippen molar-refractivity contribution in [3.05, 3.63) is 40.4 Å². The standard InChI is InChI=1S/C19H25N5O3.ClH/c1-12(25)24-10-13(6-7-14(20)11-24)18(26)21-9-8-17-22-16-5-3-2-4-15(16)19(27)23-17;/h2-5,13-14H,6-11,20H2,1H3,(H,21,26)(H,22,23,27);1H/t13-,14+;/m1./s1. The fourth-order valence-corrected chi connectivity index (χ4v) is 3.39. The molecule has 2 aromatic rings. The molecular weight excluding hydrogens is 382 g/mol. The molecule has 28 heavy (non-hydrogen) atoms. The normalized spacial score (nSPS) is 19.6. The second-order valence-corrected chi connectivity index (χ2v) is 7.03. The number of hydrogen-bond acceptors (Lipinski definition) is 5. The zero-order chi connectivity index (χ0) is 19.4. The third-order valence-corrected chi connectivity index (χ3v) is 4.92. The van der Waals surface area contributed by atoms with Crippen LogP contribution in [0.2, 0.25) is 0 Å². The number of H-pyrrole nitrogens is 1. The predicted molar refractivity (Wildman–Crippen MR) is 109 cm³/mol. The molecule has 3 rings (SSSR count). The quantitative estimate of drug-likeness (QED) is 0.684. The first-order valence-electron chi connectivity index (χ1n) is 9.21. The second kappa shape index (κ2) is 9.66. The van der Waals surface area contributed by atoms with E-state index in [4.69, 9.17) is 5.73 Å². The number of amides is 2. The third-order valence-electron chi connectivity index (χ3n) is 4.92. The first-order valence-corrected chi connectivity index (χ1v) is 9.21. The summed E-state index contributed by atoms with van der Waals surface area (Å²) >= 11 is 0. The van der Waals surface area contributed by atoms with Crippen molar-refractivity contribution in [1.29, 1.82) is 0 Å². The lowest BCUT2D eigenvalue weighted by atomic mass is 10.0. The lowest BCUT2D eigenvalue weighted by Crippen LogP contribution is -2.42. The Balaban J connectivity index is 0.00000280. The number of aromatic nitrogens is 2. The number of rotatable bonds is 4. The molecule has 1 aliphatic rings. The first kappa shape index (κ1) is 21.8. The van der Waals surface area contributed by atoms with Crippen LogP contribution in [0.15, 0.2) is 29.1 Å². The number of para-hydroxylation sites is 1. The number of nitrogens with one attached hydrogen (secondary N) is 2. The Morgan fingerprint density at radius 2 is 2.04 bits per heavy atom. The van der Waals surface area contributed by atoms with Crippen molar-refractivity contribution in [2.24, 2.45) is 11.7 Å². The van der Waals surface area contributed by atoms with Gasteiger partial charge in [0, 0.05) is 39.0 Å². The summed E-state index contributed by atoms with van der Waals surface area (Å²) in [6, 6.07) is 7.04. The summed E-state index contributed by atoms with van der Waals surface area (Å²) in [6.45, 7) is 2.73. The van der Waals surface area contributed by atoms with Crippen LogP contribution >= 0.6 is 12.4 Å². The van der Waals surface area contributed by atoms with Gasteiger partial charge in [-0.05, 0) is 25.0 Å². The van der Waals surface area contributed by atoms with E-state index >= 15 is 0 Å². The van der Waals surface area contributed by atoms with Gasteiger partial charge in [0.2, 0.25) is 11.8 Å². The molecule has 1 aromatic heterocycles. The van der Waals surface area contributed by atoms with Gasteiger partial charge in [0.15, 0.2) is 0 Å². The van der Waals surface area contributed by atoms with Gasteiger partial charge in [-0.2, -0.15) is 0 Å². The van der Waals surface area contributed by atoms with Crippen LogP contribution in [0.4, 0.5) is 0 Å². The van der Waals surface area contributed by atoms with E-state index in [2.05, 4.69) is 15.3 Å². The summed E-state index contributed by atoms with van der Waals surface area (Å²) < 4.78 is 0. The third kappa shape index (κ3) is 5.30. The molecule has 1 aliphatic heterocycles. The molecule has 2 heterocycles. The summed E-state index contributed by atoms with van der Waals surface area (Å²) in [5.41, 5.74) is 6.45. The molecule has 0 saturated carbocycles. The average molecular weight is 408 g/mol. The van der Waals surface area contributed by atoms with Gasteiger partial charge in [0.1, 0.15) is 5.82 Å². The average Bonchev–Trinajstić information content (AvgIpc) is 2.84. The molecule has 9 heteroatoms. The van der Waals surface area contributed by atoms with Gasteiger partial charge in [-0.3, -0.25) is 14.4 Å². The van der Waals surface area contributed by atoms with E-state index < -0.39 is 0 Å². The molecule has 2 amide bonds. The highest BCUT2D eigenvalue weighted by Crippen LogP contribution is 2.16. The maximum atomic E-state index is 12.5. The lowest BCUT2D eigenvalue weighted by molar-refractivity contribution is -0.131. The molecule has 0 bridgehead atoms. The van der Waals surface area contributed by atoms with Gasteiger partial charge in [0.05, 0.1) is 16.8 Å². The molecule has 2 atom stereocenters. The van der Waals surface area contributed by atoms with Gasteiger partial charge in [-0.25, -0.2) is 4.98 Å². The number of benzene rings is 1. The van der Waals surface area contributed by atoms with Crippen LogP contribution < -0.4 is 16.6 Å². The number of halogens is 1. The van der Waals surface area contributed by atoms with Crippen molar-refractivity contribution in [2.75, 3.05) is 19.6 Å². The molecule has 4 N–H and O–H groups in total. The van der Waals surface area contributed by atoms with E-state index in [1.165, 1.54) is 6.92 Å². The molecule has 1 aromatic carbocycles. The maximum Gasteiger partial charge on any atom is 0.258 e. The Labute approximate surface area is 169 Å². The molecule has 152 valence electrons. The number of nitrogens with zero attached hydrogens (tertiary/aromatic N) is 2. The number of aromatic amines is 1. The molecule has 1 saturated heterocycles. The molecule has 0 radical (unpaired) electrons. The van der Waals surface area contributed by atoms with Crippen LogP contribution in [-0.2, 0) is 16.0 Å². The van der Waals surface area contributed by atoms with E-state index in [-0.39, 0.29) is 41.7 Å². The molecular formula is C19H26ClN5O3. The number of carbonyl (C=O) groups is 2. The fourth-order valence-electron chi connectivity index (χ4n) is 3.39. The van der Waals surface area contributed by atoms with Crippen LogP contribution in [0.1, 0.15) is 25.6 Å². The highest BCUT2D eigenvalue weighted by molar-refractivity contribution is 5.85. The van der Waals surface area contributed by atoms with Gasteiger partial charge < -0.3 is 20.9 Å². The molecule has 8 nitrogen and oxygen atoms in total. The van der Waals surface area contributed by atoms with Crippen molar-refractivity contribution in [2.45, 2.75) is 32.2 Å². The minimum atomic E-state index is -0.272. The van der Waals surface area contributed by atoms with Crippen molar-refractivity contribution < 1.29 is 9.59 Å². The molecule has 1 fully saturated rings. The Hall–Kier alpha value is -2.45. The summed E-state index contributed by atoms with van der Waals surface area (Å²) in [5, 5.41) is 3.44. The van der Waals surface area contributed by atoms with Crippen LogP contribution in [-0.4, -0.2) is 52.4 Å². The summed E-state index contributed by atoms with van der Waals surface area (Å²) in [7, 11) is 0. The number of hydrogen-bond donors (Lipinski definition) is 3. The fraction of sp³-hybridized carbons (Fsp3) is 0.474. The molecule has 0 spiro atoms. The minimum absolute atomic E-state index is 0. The smallest absolute Gasteiger partial charge is 0.258 e. The van der Waals surface area contributed by atoms with Gasteiger partial charge in [-0.1, -0.05) is 12.1 Å². The minimum Gasteiger partial charge on any atom is -0.355 e. The summed E-state index contributed by atoms with van der Waals surface area (Å²) in [6.07, 6.45) is 1.79. The summed E-state index contributed by atoms with van der Waals surface area (Å²) in [5.74, 6) is 0.0971. The SMILES string of the molecule is CC(=O)N1C[C@@H](N)CC[C@@H](C(=O)NCCc2nc3ccccc3c(=O)[nH]2)C1.Cl. The van der Waals surface area contributed by atoms with Crippen molar-refractivity contribution in [1.82, 2.24) is 20.2 Å². The van der Waals surface area contributed by atoms with Crippen molar-refractivity contribution in [3.8, 4) is 0 Å². The lowest BCUT2D eigenvalue weighted by Gasteiger charge is -2.23. The van der Waals surface area contributed by atoms with Crippen molar-refractivity contribution in [3.63, 3.8) is 0 Å². The van der Waals surface area contributed by atoms with Crippen LogP contribution in [0.5, 0.6) is 0 Å². The van der Waals surface area contributed by atoms with Crippen molar-refractivity contribution >= 4 is 35.1 Å². The highest BCUT2D eigenvalue weighted by atomic mass is 35.5. The number of likely N-dealkylation sites (tertiary alicyclic amines) is 1. The Morgan fingerprint density at radius 1 is 1.29 bits per heavy atom. The van der Waals surface area contributed by atoms with Crippen LogP contribution in [0.3, 0.4) is 0 Å². The van der Waals surface area contributed by atoms with E-state index in [9.17, 15) is 14.4 Å². The Morgan fingerprint density at radius 3 is 2.79 bits per heavy atom. The zero-order valence-corrected chi connectivity index (χ0v) is 16.6. The van der Waals surface area contributed by atoms with E-state index in [0.717, 1.165) is 0 Å². The first-order chi connectivity index (χ1) is 12.9. The summed E-state index contributed by atoms with van der Waals surface area (Å²) in [4.78, 5) is 45.1. The van der Waals surface area contributed by atoms with Gasteiger partial charge >= 0.3 is 0 Å². The topological polar surface area (TPSA) is 121 Å². The number of fused-ring (bicyclic) bond motifs is 1. The number of carbonyl (C=O) groups excluding carboxylic acids is 2. The highest BCUT2D eigenvalue weighted by Gasteiger charge is 2.28. The largest absolute Gasteiger partial charge is 0.355 e. The van der Waals surface area contributed by atoms with Crippen LogP contribution in [0.25, 0.3) is 10.9 Å². The number of nitrogens with two attached hydrogens (primary N) is 1.